The molecule has 0 bridgehead atoms. The van der Waals surface area contributed by atoms with E-state index in [4.69, 9.17) is 0 Å². The number of hydrogen-bond acceptors (Lipinski definition) is 2. The summed E-state index contributed by atoms with van der Waals surface area (Å²) in [6, 6.07) is -0.456. The zero-order valence-electron chi connectivity index (χ0n) is 4.92. The van der Waals surface area contributed by atoms with Crippen molar-refractivity contribution in [3.8, 4) is 0 Å². The highest BCUT2D eigenvalue weighted by Gasteiger charge is 2.17. The highest BCUT2D eigenvalue weighted by molar-refractivity contribution is 6.30. The summed E-state index contributed by atoms with van der Waals surface area (Å²) in [6.45, 7) is 1.59. The first kappa shape index (κ1) is 5.94. The Kier molecular flexibility index (Phi) is 1.30. The van der Waals surface area contributed by atoms with Gasteiger partial charge in [-0.3, -0.25) is 9.59 Å². The maximum Gasteiger partial charge on any atom is 0.268 e. The van der Waals surface area contributed by atoms with Crippen LogP contribution in [0.25, 0.3) is 0 Å². The van der Waals surface area contributed by atoms with Crippen LogP contribution in [-0.4, -0.2) is 24.1 Å². The van der Waals surface area contributed by atoms with E-state index in [2.05, 4.69) is 10.3 Å². The van der Waals surface area contributed by atoms with E-state index in [0.717, 1.165) is 6.21 Å². The molecule has 2 amide bonds. The van der Waals surface area contributed by atoms with Gasteiger partial charge in [-0.15, -0.1) is 0 Å². The second-order valence-corrected chi connectivity index (χ2v) is 1.83. The highest BCUT2D eigenvalue weighted by Crippen LogP contribution is 1.89. The van der Waals surface area contributed by atoms with Crippen molar-refractivity contribution < 1.29 is 9.59 Å². The van der Waals surface area contributed by atoms with Crippen molar-refractivity contribution in [1.82, 2.24) is 5.32 Å². The maximum atomic E-state index is 10.5. The van der Waals surface area contributed by atoms with Gasteiger partial charge in [0.15, 0.2) is 0 Å². The summed E-state index contributed by atoms with van der Waals surface area (Å²) >= 11 is 0. The first-order chi connectivity index (χ1) is 4.20. The summed E-state index contributed by atoms with van der Waals surface area (Å²) in [5, 5.41) is 2.39. The Morgan fingerprint density at radius 3 is 2.78 bits per heavy atom. The third-order valence-corrected chi connectivity index (χ3v) is 1.04. The Hall–Kier alpha value is -1.19. The minimum absolute atomic E-state index is 0.297. The minimum Gasteiger partial charge on any atom is -0.340 e. The molecule has 1 aliphatic heterocycles. The van der Waals surface area contributed by atoms with Crippen molar-refractivity contribution in [2.24, 2.45) is 4.99 Å². The molecule has 0 aromatic heterocycles. The molecule has 0 aliphatic carbocycles. The molecule has 1 N–H and O–H groups in total. The molecule has 1 heterocycles. The molecule has 48 valence electrons. The van der Waals surface area contributed by atoms with Crippen LogP contribution in [0.15, 0.2) is 4.99 Å². The van der Waals surface area contributed by atoms with E-state index in [1.54, 1.807) is 6.92 Å². The SMILES string of the molecule is CC1NC(=O)C=NC1=O. The first-order valence-electron chi connectivity index (χ1n) is 2.58. The largest absolute Gasteiger partial charge is 0.340 e. The van der Waals surface area contributed by atoms with Crippen LogP contribution >= 0.6 is 0 Å². The summed E-state index contributed by atoms with van der Waals surface area (Å²) in [6.07, 6.45) is 0.988. The lowest BCUT2D eigenvalue weighted by Crippen LogP contribution is -2.42. The highest BCUT2D eigenvalue weighted by atomic mass is 16.2. The van der Waals surface area contributed by atoms with Gasteiger partial charge in [0.2, 0.25) is 0 Å². The predicted molar refractivity (Wildman–Crippen MR) is 31.1 cm³/mol. The third-order valence-electron chi connectivity index (χ3n) is 1.04. The van der Waals surface area contributed by atoms with Crippen LogP contribution in [0.1, 0.15) is 6.92 Å². The Morgan fingerprint density at radius 1 is 1.67 bits per heavy atom. The molecule has 0 fully saturated rings. The van der Waals surface area contributed by atoms with Gasteiger partial charge in [-0.1, -0.05) is 0 Å². The number of aliphatic imine (C=N–C) groups is 1. The summed E-state index contributed by atoms with van der Waals surface area (Å²) in [4.78, 5) is 24.2. The quantitative estimate of drug-likeness (QED) is 0.457. The van der Waals surface area contributed by atoms with Crippen molar-refractivity contribution in [3.05, 3.63) is 0 Å². The molecule has 0 saturated heterocycles. The zero-order chi connectivity index (χ0) is 6.85. The van der Waals surface area contributed by atoms with Crippen LogP contribution in [0, 0.1) is 0 Å². The summed E-state index contributed by atoms with van der Waals surface area (Å²) < 4.78 is 0. The van der Waals surface area contributed by atoms with Crippen molar-refractivity contribution >= 4 is 18.0 Å². The molecule has 0 saturated carbocycles. The van der Waals surface area contributed by atoms with Gasteiger partial charge in [-0.05, 0) is 6.92 Å². The van der Waals surface area contributed by atoms with Crippen LogP contribution < -0.4 is 5.32 Å². The topological polar surface area (TPSA) is 58.5 Å². The molecular formula is C5H6N2O2. The fourth-order valence-corrected chi connectivity index (χ4v) is 0.546. The van der Waals surface area contributed by atoms with Gasteiger partial charge in [-0.25, -0.2) is 4.99 Å². The Morgan fingerprint density at radius 2 is 2.33 bits per heavy atom. The molecule has 0 aromatic rings. The van der Waals surface area contributed by atoms with Crippen molar-refractivity contribution in [2.75, 3.05) is 0 Å². The van der Waals surface area contributed by atoms with Crippen molar-refractivity contribution in [3.63, 3.8) is 0 Å². The van der Waals surface area contributed by atoms with Crippen LogP contribution in [0.2, 0.25) is 0 Å². The van der Waals surface area contributed by atoms with Crippen LogP contribution in [0.4, 0.5) is 0 Å². The predicted octanol–water partition coefficient (Wildman–Crippen LogP) is -0.898. The maximum absolute atomic E-state index is 10.5. The van der Waals surface area contributed by atoms with E-state index in [9.17, 15) is 9.59 Å². The fourth-order valence-electron chi connectivity index (χ4n) is 0.546. The molecular weight excluding hydrogens is 120 g/mol. The third kappa shape index (κ3) is 1.13. The number of carbonyl (C=O) groups excluding carboxylic acids is 2. The van der Waals surface area contributed by atoms with Gasteiger partial charge in [0.05, 0.1) is 6.21 Å². The van der Waals surface area contributed by atoms with E-state index >= 15 is 0 Å². The average Bonchev–Trinajstić information content (AvgIpc) is 1.80. The molecule has 4 heteroatoms. The smallest absolute Gasteiger partial charge is 0.268 e. The normalized spacial score (nSPS) is 26.1. The average molecular weight is 126 g/mol. The van der Waals surface area contributed by atoms with Gasteiger partial charge in [0.25, 0.3) is 11.8 Å². The lowest BCUT2D eigenvalue weighted by molar-refractivity contribution is -0.124. The van der Waals surface area contributed by atoms with Gasteiger partial charge < -0.3 is 5.32 Å². The lowest BCUT2D eigenvalue weighted by Gasteiger charge is -2.10. The molecule has 9 heavy (non-hydrogen) atoms. The van der Waals surface area contributed by atoms with Gasteiger partial charge in [0.1, 0.15) is 6.04 Å². The van der Waals surface area contributed by atoms with Crippen LogP contribution in [-0.2, 0) is 9.59 Å². The monoisotopic (exact) mass is 126 g/mol. The molecule has 0 aromatic carbocycles. The molecule has 1 aliphatic rings. The second kappa shape index (κ2) is 1.97. The number of rotatable bonds is 0. The van der Waals surface area contributed by atoms with E-state index < -0.39 is 6.04 Å². The molecule has 0 radical (unpaired) electrons. The van der Waals surface area contributed by atoms with Gasteiger partial charge >= 0.3 is 0 Å². The van der Waals surface area contributed by atoms with Gasteiger partial charge in [0, 0.05) is 0 Å². The van der Waals surface area contributed by atoms with E-state index in [0.29, 0.717) is 0 Å². The Labute approximate surface area is 52.0 Å². The minimum atomic E-state index is -0.456. The summed E-state index contributed by atoms with van der Waals surface area (Å²) in [7, 11) is 0. The van der Waals surface area contributed by atoms with E-state index in [1.807, 2.05) is 0 Å². The molecule has 1 rings (SSSR count). The summed E-state index contributed by atoms with van der Waals surface area (Å²) in [5.74, 6) is -0.600. The molecule has 0 spiro atoms. The molecule has 1 unspecified atom stereocenters. The molecule has 1 atom stereocenters. The molecule has 4 nitrogen and oxygen atoms in total. The Balaban J connectivity index is 2.76. The van der Waals surface area contributed by atoms with Crippen LogP contribution in [0.3, 0.4) is 0 Å². The number of amides is 2. The standard InChI is InChI=1S/C5H6N2O2/c1-3-5(9)6-2-4(8)7-3/h2-3H,1H3,(H,7,8). The van der Waals surface area contributed by atoms with E-state index in [1.165, 1.54) is 0 Å². The number of nitrogens with zero attached hydrogens (tertiary/aromatic N) is 1. The van der Waals surface area contributed by atoms with Gasteiger partial charge in [-0.2, -0.15) is 0 Å². The van der Waals surface area contributed by atoms with E-state index in [-0.39, 0.29) is 11.8 Å². The number of nitrogens with one attached hydrogen (secondary N) is 1. The van der Waals surface area contributed by atoms with Crippen molar-refractivity contribution in [1.29, 1.82) is 0 Å². The number of hydrogen-bond donors (Lipinski definition) is 1. The number of carbonyl (C=O) groups is 2. The zero-order valence-corrected chi connectivity index (χ0v) is 4.92. The Bertz CT molecular complexity index is 185. The van der Waals surface area contributed by atoms with Crippen molar-refractivity contribution in [2.45, 2.75) is 13.0 Å². The fraction of sp³-hybridized carbons (Fsp3) is 0.400. The lowest BCUT2D eigenvalue weighted by atomic mass is 10.3. The first-order valence-corrected chi connectivity index (χ1v) is 2.58. The second-order valence-electron chi connectivity index (χ2n) is 1.83. The summed E-state index contributed by atoms with van der Waals surface area (Å²) in [5.41, 5.74) is 0. The van der Waals surface area contributed by atoms with Crippen LogP contribution in [0.5, 0.6) is 0 Å².